The fraction of sp³-hybridized carbons (Fsp3) is 0. The number of carbonyl (C=O) groups is 1. The highest BCUT2D eigenvalue weighted by molar-refractivity contribution is 9.10. The molecule has 8 heteroatoms. The molecule has 0 unspecified atom stereocenters. The third-order valence-corrected chi connectivity index (χ3v) is 3.76. The fourth-order valence-corrected chi connectivity index (χ4v) is 2.44. The standard InChI is InChI=1S/C15H9BrClFN4O/c16-12-8-22(11-4-1-9(18)2-5-11)21-14(12)15(23)20-10-3-6-13(17)19-7-10/h1-8H,(H,20,23). The maximum Gasteiger partial charge on any atom is 0.277 e. The van der Waals surface area contributed by atoms with Crippen molar-refractivity contribution in [1.29, 1.82) is 0 Å². The molecular weight excluding hydrogens is 387 g/mol. The van der Waals surface area contributed by atoms with Crippen molar-refractivity contribution in [2.75, 3.05) is 5.32 Å². The lowest BCUT2D eigenvalue weighted by atomic mass is 10.3. The number of amides is 1. The molecule has 0 saturated heterocycles. The van der Waals surface area contributed by atoms with Gasteiger partial charge in [0.2, 0.25) is 0 Å². The van der Waals surface area contributed by atoms with Crippen molar-refractivity contribution in [2.45, 2.75) is 0 Å². The van der Waals surface area contributed by atoms with Gasteiger partial charge in [0.15, 0.2) is 5.69 Å². The quantitative estimate of drug-likeness (QED) is 0.680. The van der Waals surface area contributed by atoms with Gasteiger partial charge in [0, 0.05) is 6.20 Å². The summed E-state index contributed by atoms with van der Waals surface area (Å²) >= 11 is 9.00. The molecule has 5 nitrogen and oxygen atoms in total. The molecule has 1 amide bonds. The van der Waals surface area contributed by atoms with Crippen molar-refractivity contribution in [2.24, 2.45) is 0 Å². The number of pyridine rings is 1. The van der Waals surface area contributed by atoms with Crippen LogP contribution in [0, 0.1) is 5.82 Å². The maximum absolute atomic E-state index is 13.0. The topological polar surface area (TPSA) is 59.8 Å². The summed E-state index contributed by atoms with van der Waals surface area (Å²) in [4.78, 5) is 16.2. The van der Waals surface area contributed by atoms with Crippen LogP contribution in [0.5, 0.6) is 0 Å². The Kier molecular flexibility index (Phi) is 4.40. The van der Waals surface area contributed by atoms with E-state index < -0.39 is 5.91 Å². The molecule has 23 heavy (non-hydrogen) atoms. The first-order chi connectivity index (χ1) is 11.0. The van der Waals surface area contributed by atoms with Gasteiger partial charge in [-0.05, 0) is 52.3 Å². The summed E-state index contributed by atoms with van der Waals surface area (Å²) in [7, 11) is 0. The first-order valence-electron chi connectivity index (χ1n) is 6.47. The smallest absolute Gasteiger partial charge is 0.277 e. The minimum atomic E-state index is -0.401. The number of carbonyl (C=O) groups excluding carboxylic acids is 1. The summed E-state index contributed by atoms with van der Waals surface area (Å²) in [5.74, 6) is -0.741. The Balaban J connectivity index is 1.84. The first kappa shape index (κ1) is 15.6. The number of rotatable bonds is 3. The minimum absolute atomic E-state index is 0.198. The molecule has 1 aromatic carbocycles. The molecule has 0 fully saturated rings. The number of halogens is 3. The van der Waals surface area contributed by atoms with Crippen molar-refractivity contribution in [3.8, 4) is 5.69 Å². The van der Waals surface area contributed by atoms with Crippen LogP contribution in [0.25, 0.3) is 5.69 Å². The Morgan fingerprint density at radius 1 is 1.22 bits per heavy atom. The lowest BCUT2D eigenvalue weighted by molar-refractivity contribution is 0.102. The first-order valence-corrected chi connectivity index (χ1v) is 7.64. The van der Waals surface area contributed by atoms with Gasteiger partial charge in [0.1, 0.15) is 11.0 Å². The molecule has 0 atom stereocenters. The Morgan fingerprint density at radius 3 is 2.61 bits per heavy atom. The van der Waals surface area contributed by atoms with E-state index in [0.29, 0.717) is 21.0 Å². The third kappa shape index (κ3) is 3.57. The highest BCUT2D eigenvalue weighted by Gasteiger charge is 2.16. The van der Waals surface area contributed by atoms with Gasteiger partial charge in [0.25, 0.3) is 5.91 Å². The molecule has 0 aliphatic carbocycles. The average Bonchev–Trinajstić information content (AvgIpc) is 2.92. The third-order valence-electron chi connectivity index (χ3n) is 2.96. The van der Waals surface area contributed by atoms with Crippen molar-refractivity contribution >= 4 is 39.1 Å². The SMILES string of the molecule is O=C(Nc1ccc(Cl)nc1)c1nn(-c2ccc(F)cc2)cc1Br. The largest absolute Gasteiger partial charge is 0.319 e. The van der Waals surface area contributed by atoms with Crippen LogP contribution < -0.4 is 5.32 Å². The summed E-state index contributed by atoms with van der Waals surface area (Å²) in [6, 6.07) is 8.99. The number of nitrogens with one attached hydrogen (secondary N) is 1. The van der Waals surface area contributed by atoms with E-state index in [-0.39, 0.29) is 11.5 Å². The zero-order chi connectivity index (χ0) is 16.4. The summed E-state index contributed by atoms with van der Waals surface area (Å²) in [5.41, 5.74) is 1.34. The second-order valence-electron chi connectivity index (χ2n) is 4.57. The molecule has 3 aromatic rings. The van der Waals surface area contributed by atoms with E-state index >= 15 is 0 Å². The number of aromatic nitrogens is 3. The minimum Gasteiger partial charge on any atom is -0.319 e. The summed E-state index contributed by atoms with van der Waals surface area (Å²) < 4.78 is 15.0. The molecular formula is C15H9BrClFN4O. The van der Waals surface area contributed by atoms with Gasteiger partial charge in [0.05, 0.1) is 22.0 Å². The lowest BCUT2D eigenvalue weighted by Crippen LogP contribution is -2.13. The molecule has 3 rings (SSSR count). The van der Waals surface area contributed by atoms with Crippen molar-refractivity contribution in [3.63, 3.8) is 0 Å². The fourth-order valence-electron chi connectivity index (χ4n) is 1.87. The van der Waals surface area contributed by atoms with E-state index in [1.54, 1.807) is 30.5 Å². The van der Waals surface area contributed by atoms with Crippen LogP contribution in [0.2, 0.25) is 5.15 Å². The van der Waals surface area contributed by atoms with Crippen molar-refractivity contribution in [3.05, 3.63) is 69.9 Å². The highest BCUT2D eigenvalue weighted by Crippen LogP contribution is 2.20. The van der Waals surface area contributed by atoms with Gasteiger partial charge < -0.3 is 5.32 Å². The van der Waals surface area contributed by atoms with Crippen molar-refractivity contribution < 1.29 is 9.18 Å². The van der Waals surface area contributed by atoms with Crippen LogP contribution in [0.4, 0.5) is 10.1 Å². The maximum atomic E-state index is 13.0. The van der Waals surface area contributed by atoms with Crippen LogP contribution in [0.3, 0.4) is 0 Å². The number of hydrogen-bond donors (Lipinski definition) is 1. The Hall–Kier alpha value is -2.25. The number of nitrogens with zero attached hydrogens (tertiary/aromatic N) is 3. The Labute approximate surface area is 144 Å². The van der Waals surface area contributed by atoms with Crippen LogP contribution in [-0.4, -0.2) is 20.7 Å². The molecule has 116 valence electrons. The van der Waals surface area contributed by atoms with E-state index in [0.717, 1.165) is 0 Å². The molecule has 0 aliphatic heterocycles. The normalized spacial score (nSPS) is 10.6. The predicted octanol–water partition coefficient (Wildman–Crippen LogP) is 4.07. The lowest BCUT2D eigenvalue weighted by Gasteiger charge is -2.03. The molecule has 0 radical (unpaired) electrons. The van der Waals surface area contributed by atoms with Gasteiger partial charge >= 0.3 is 0 Å². The predicted molar refractivity (Wildman–Crippen MR) is 88.4 cm³/mol. The Morgan fingerprint density at radius 2 is 1.96 bits per heavy atom. The van der Waals surface area contributed by atoms with Gasteiger partial charge in [-0.25, -0.2) is 14.1 Å². The molecule has 1 N–H and O–H groups in total. The Bertz CT molecular complexity index is 849. The van der Waals surface area contributed by atoms with Crippen LogP contribution in [0.1, 0.15) is 10.5 Å². The number of benzene rings is 1. The van der Waals surface area contributed by atoms with Crippen LogP contribution in [0.15, 0.2) is 53.3 Å². The van der Waals surface area contributed by atoms with Gasteiger partial charge in [-0.2, -0.15) is 5.10 Å². The summed E-state index contributed by atoms with van der Waals surface area (Å²) in [6.07, 6.45) is 3.08. The molecule has 0 aliphatic rings. The zero-order valence-corrected chi connectivity index (χ0v) is 13.8. The summed E-state index contributed by atoms with van der Waals surface area (Å²) in [6.45, 7) is 0. The van der Waals surface area contributed by atoms with Crippen LogP contribution in [-0.2, 0) is 0 Å². The molecule has 0 saturated carbocycles. The second-order valence-corrected chi connectivity index (χ2v) is 5.81. The second kappa shape index (κ2) is 6.47. The zero-order valence-electron chi connectivity index (χ0n) is 11.5. The van der Waals surface area contributed by atoms with E-state index in [2.05, 4.69) is 31.3 Å². The van der Waals surface area contributed by atoms with E-state index in [4.69, 9.17) is 11.6 Å². The molecule has 2 aromatic heterocycles. The monoisotopic (exact) mass is 394 g/mol. The van der Waals surface area contributed by atoms with E-state index in [1.807, 2.05) is 0 Å². The number of anilines is 1. The van der Waals surface area contributed by atoms with Crippen molar-refractivity contribution in [1.82, 2.24) is 14.8 Å². The van der Waals surface area contributed by atoms with Gasteiger partial charge in [-0.1, -0.05) is 11.6 Å². The average molecular weight is 396 g/mol. The number of hydrogen-bond acceptors (Lipinski definition) is 3. The van der Waals surface area contributed by atoms with Gasteiger partial charge in [-0.15, -0.1) is 0 Å². The van der Waals surface area contributed by atoms with E-state index in [9.17, 15) is 9.18 Å². The molecule has 2 heterocycles. The van der Waals surface area contributed by atoms with Crippen LogP contribution >= 0.6 is 27.5 Å². The molecule has 0 bridgehead atoms. The van der Waals surface area contributed by atoms with E-state index in [1.165, 1.54) is 23.0 Å². The van der Waals surface area contributed by atoms with Gasteiger partial charge in [-0.3, -0.25) is 4.79 Å². The summed E-state index contributed by atoms with van der Waals surface area (Å²) in [5, 5.41) is 7.22. The molecule has 0 spiro atoms. The highest BCUT2D eigenvalue weighted by atomic mass is 79.9.